The Morgan fingerprint density at radius 3 is 2.46 bits per heavy atom. The molecule has 1 N–H and O–H groups in total. The van der Waals surface area contributed by atoms with Crippen molar-refractivity contribution in [2.75, 3.05) is 36.4 Å². The molecule has 1 aromatic heterocycles. The van der Waals surface area contributed by atoms with Gasteiger partial charge in [0.15, 0.2) is 0 Å². The maximum Gasteiger partial charge on any atom is 0.254 e. The first-order valence-corrected chi connectivity index (χ1v) is 12.3. The average Bonchev–Trinajstić information content (AvgIpc) is 3.26. The van der Waals surface area contributed by atoms with E-state index in [4.69, 9.17) is 16.6 Å². The van der Waals surface area contributed by atoms with Crippen molar-refractivity contribution < 1.29 is 4.79 Å². The van der Waals surface area contributed by atoms with E-state index in [1.807, 2.05) is 66.4 Å². The zero-order chi connectivity index (χ0) is 23.9. The Bertz CT molecular complexity index is 1440. The molecular weight excluding hydrogens is 458 g/mol. The number of halogens is 1. The summed E-state index contributed by atoms with van der Waals surface area (Å²) in [5.74, 6) is 0.787. The van der Waals surface area contributed by atoms with E-state index in [1.54, 1.807) is 0 Å². The van der Waals surface area contributed by atoms with Crippen LogP contribution >= 0.6 is 11.6 Å². The van der Waals surface area contributed by atoms with Crippen LogP contribution < -0.4 is 10.2 Å². The number of aromatic nitrogens is 2. The lowest BCUT2D eigenvalue weighted by molar-refractivity contribution is -0.127. The summed E-state index contributed by atoms with van der Waals surface area (Å²) in [4.78, 5) is 23.2. The molecule has 176 valence electrons. The molecular formula is C28H26ClN5O. The highest BCUT2D eigenvalue weighted by Crippen LogP contribution is 2.40. The Labute approximate surface area is 209 Å². The largest absolute Gasteiger partial charge is 0.368 e. The maximum absolute atomic E-state index is 14.1. The van der Waals surface area contributed by atoms with Gasteiger partial charge in [-0.15, -0.1) is 0 Å². The molecule has 0 aliphatic carbocycles. The van der Waals surface area contributed by atoms with E-state index in [2.05, 4.69) is 39.0 Å². The van der Waals surface area contributed by atoms with Gasteiger partial charge in [-0.1, -0.05) is 54.1 Å². The van der Waals surface area contributed by atoms with Crippen molar-refractivity contribution in [2.24, 2.45) is 0 Å². The summed E-state index contributed by atoms with van der Waals surface area (Å²) in [6.45, 7) is 4.91. The molecule has 3 aromatic carbocycles. The minimum Gasteiger partial charge on any atom is -0.368 e. The van der Waals surface area contributed by atoms with Gasteiger partial charge in [0.05, 0.1) is 22.6 Å². The third-order valence-corrected chi connectivity index (χ3v) is 7.15. The standard InChI is InChI=1S/C28H26ClN5O/c1-19-25(27(35)33-16-14-32(15-17-33)22-10-3-2-4-11-22)26(20-8-7-9-21(29)18-20)34-24-13-6-5-12-23(24)31-28(34)30-19/h2-13,18,26H,14-17H2,1H3,(H,30,31). The van der Waals surface area contributed by atoms with Crippen molar-refractivity contribution in [3.05, 3.63) is 101 Å². The number of nitrogens with one attached hydrogen (secondary N) is 1. The number of carbonyl (C=O) groups is 1. The summed E-state index contributed by atoms with van der Waals surface area (Å²) < 4.78 is 2.13. The van der Waals surface area contributed by atoms with Gasteiger partial charge >= 0.3 is 0 Å². The molecule has 6 nitrogen and oxygen atoms in total. The number of para-hydroxylation sites is 3. The van der Waals surface area contributed by atoms with Crippen LogP contribution in [-0.4, -0.2) is 46.5 Å². The Balaban J connectivity index is 1.37. The Morgan fingerprint density at radius 1 is 0.943 bits per heavy atom. The van der Waals surface area contributed by atoms with Crippen LogP contribution in [0.25, 0.3) is 11.0 Å². The van der Waals surface area contributed by atoms with Crippen LogP contribution in [-0.2, 0) is 4.79 Å². The number of allylic oxidation sites excluding steroid dienone is 1. The van der Waals surface area contributed by atoms with Gasteiger partial charge in [0.2, 0.25) is 5.95 Å². The smallest absolute Gasteiger partial charge is 0.254 e. The van der Waals surface area contributed by atoms with E-state index in [0.717, 1.165) is 46.9 Å². The van der Waals surface area contributed by atoms with Crippen molar-refractivity contribution in [1.29, 1.82) is 0 Å². The van der Waals surface area contributed by atoms with E-state index in [1.165, 1.54) is 5.69 Å². The van der Waals surface area contributed by atoms with Crippen molar-refractivity contribution >= 4 is 40.2 Å². The molecule has 2 aliphatic rings. The van der Waals surface area contributed by atoms with Crippen LogP contribution in [0.15, 0.2) is 90.1 Å². The van der Waals surface area contributed by atoms with E-state index in [9.17, 15) is 4.79 Å². The van der Waals surface area contributed by atoms with E-state index in [-0.39, 0.29) is 11.9 Å². The van der Waals surface area contributed by atoms with Gasteiger partial charge in [0.25, 0.3) is 5.91 Å². The molecule has 2 aliphatic heterocycles. The second-order valence-electron chi connectivity index (χ2n) is 9.03. The second-order valence-corrected chi connectivity index (χ2v) is 9.47. The highest BCUT2D eigenvalue weighted by atomic mass is 35.5. The molecule has 7 heteroatoms. The molecule has 0 saturated carbocycles. The summed E-state index contributed by atoms with van der Waals surface area (Å²) in [6.07, 6.45) is 0. The van der Waals surface area contributed by atoms with E-state index in [0.29, 0.717) is 18.1 Å². The lowest BCUT2D eigenvalue weighted by atomic mass is 9.93. The van der Waals surface area contributed by atoms with Crippen LogP contribution in [0.4, 0.5) is 11.6 Å². The average molecular weight is 484 g/mol. The van der Waals surface area contributed by atoms with Gasteiger partial charge in [-0.2, -0.15) is 0 Å². The second kappa shape index (κ2) is 8.78. The maximum atomic E-state index is 14.1. The van der Waals surface area contributed by atoms with Crippen molar-refractivity contribution in [2.45, 2.75) is 13.0 Å². The van der Waals surface area contributed by atoms with Gasteiger partial charge in [0, 0.05) is 42.6 Å². The highest BCUT2D eigenvalue weighted by Gasteiger charge is 2.36. The summed E-state index contributed by atoms with van der Waals surface area (Å²) in [5, 5.41) is 4.06. The Kier molecular flexibility index (Phi) is 5.46. The third-order valence-electron chi connectivity index (χ3n) is 6.91. The molecule has 1 fully saturated rings. The first-order valence-electron chi connectivity index (χ1n) is 11.9. The summed E-state index contributed by atoms with van der Waals surface area (Å²) in [5.41, 5.74) is 5.59. The normalized spacial score (nSPS) is 17.9. The fourth-order valence-electron chi connectivity index (χ4n) is 5.21. The SMILES string of the molecule is CC1=C(C(=O)N2CCN(c3ccccc3)CC2)C(c2cccc(Cl)c2)n2c(nc3ccccc32)N1. The number of imidazole rings is 1. The molecule has 1 unspecified atom stereocenters. The Morgan fingerprint density at radius 2 is 1.69 bits per heavy atom. The lowest BCUT2D eigenvalue weighted by Gasteiger charge is -2.39. The first-order chi connectivity index (χ1) is 17.1. The molecule has 0 radical (unpaired) electrons. The van der Waals surface area contributed by atoms with Crippen LogP contribution in [0.2, 0.25) is 5.02 Å². The van der Waals surface area contributed by atoms with Crippen LogP contribution in [0.5, 0.6) is 0 Å². The quantitative estimate of drug-likeness (QED) is 0.428. The number of amides is 1. The number of rotatable bonds is 3. The molecule has 4 aromatic rings. The molecule has 6 rings (SSSR count). The predicted molar refractivity (Wildman–Crippen MR) is 141 cm³/mol. The molecule has 1 saturated heterocycles. The number of fused-ring (bicyclic) bond motifs is 3. The van der Waals surface area contributed by atoms with E-state index < -0.39 is 0 Å². The third kappa shape index (κ3) is 3.84. The summed E-state index contributed by atoms with van der Waals surface area (Å²) >= 11 is 6.41. The van der Waals surface area contributed by atoms with Crippen LogP contribution in [0, 0.1) is 0 Å². The van der Waals surface area contributed by atoms with Crippen LogP contribution in [0.3, 0.4) is 0 Å². The molecule has 0 bridgehead atoms. The number of hydrogen-bond donors (Lipinski definition) is 1. The van der Waals surface area contributed by atoms with Crippen LogP contribution in [0.1, 0.15) is 18.5 Å². The number of anilines is 2. The minimum atomic E-state index is -0.322. The molecule has 35 heavy (non-hydrogen) atoms. The number of carbonyl (C=O) groups excluding carboxylic acids is 1. The van der Waals surface area contributed by atoms with Gasteiger partial charge < -0.3 is 15.1 Å². The summed E-state index contributed by atoms with van der Waals surface area (Å²) in [7, 11) is 0. The minimum absolute atomic E-state index is 0.0520. The topological polar surface area (TPSA) is 53.4 Å². The fourth-order valence-corrected chi connectivity index (χ4v) is 5.41. The van der Waals surface area contributed by atoms with Gasteiger partial charge in [-0.05, 0) is 48.9 Å². The summed E-state index contributed by atoms with van der Waals surface area (Å²) in [6, 6.07) is 25.9. The van der Waals surface area contributed by atoms with Crippen molar-refractivity contribution in [1.82, 2.24) is 14.5 Å². The molecule has 1 atom stereocenters. The Hall–Kier alpha value is -3.77. The molecule has 1 amide bonds. The number of piperazine rings is 1. The van der Waals surface area contributed by atoms with Crippen molar-refractivity contribution in [3.8, 4) is 0 Å². The van der Waals surface area contributed by atoms with Gasteiger partial charge in [-0.3, -0.25) is 9.36 Å². The number of nitrogens with zero attached hydrogens (tertiary/aromatic N) is 4. The predicted octanol–water partition coefficient (Wildman–Crippen LogP) is 5.33. The first kappa shape index (κ1) is 21.7. The molecule has 0 spiro atoms. The molecule has 3 heterocycles. The zero-order valence-corrected chi connectivity index (χ0v) is 20.2. The monoisotopic (exact) mass is 483 g/mol. The number of hydrogen-bond acceptors (Lipinski definition) is 4. The van der Waals surface area contributed by atoms with Gasteiger partial charge in [0.1, 0.15) is 0 Å². The van der Waals surface area contributed by atoms with Crippen molar-refractivity contribution in [3.63, 3.8) is 0 Å². The zero-order valence-electron chi connectivity index (χ0n) is 19.5. The lowest BCUT2D eigenvalue weighted by Crippen LogP contribution is -2.50. The van der Waals surface area contributed by atoms with E-state index >= 15 is 0 Å². The van der Waals surface area contributed by atoms with Gasteiger partial charge in [-0.25, -0.2) is 4.98 Å². The fraction of sp³-hybridized carbons (Fsp3) is 0.214. The number of benzene rings is 3. The highest BCUT2D eigenvalue weighted by molar-refractivity contribution is 6.30.